The highest BCUT2D eigenvalue weighted by atomic mass is 16.5. The van der Waals surface area contributed by atoms with Gasteiger partial charge in [-0.25, -0.2) is 9.97 Å². The van der Waals surface area contributed by atoms with Gasteiger partial charge in [0.05, 0.1) is 24.2 Å². The Bertz CT molecular complexity index is 833. The number of hydrogen-bond donors (Lipinski definition) is 1. The zero-order valence-corrected chi connectivity index (χ0v) is 14.2. The molecular weight excluding hydrogens is 314 g/mol. The van der Waals surface area contributed by atoms with Gasteiger partial charge in [-0.1, -0.05) is 30.3 Å². The van der Waals surface area contributed by atoms with Crippen LogP contribution in [-0.2, 0) is 11.3 Å². The second-order valence-electron chi connectivity index (χ2n) is 6.26. The van der Waals surface area contributed by atoms with Crippen LogP contribution in [0.2, 0.25) is 0 Å². The van der Waals surface area contributed by atoms with Gasteiger partial charge in [-0.3, -0.25) is 10.00 Å². The maximum Gasteiger partial charge on any atom is 0.125 e. The Kier molecular flexibility index (Phi) is 4.54. The quantitative estimate of drug-likeness (QED) is 0.794. The van der Waals surface area contributed by atoms with E-state index in [0.717, 1.165) is 42.4 Å². The Hall–Kier alpha value is -2.57. The number of morpholine rings is 1. The van der Waals surface area contributed by atoms with Gasteiger partial charge in [-0.2, -0.15) is 5.10 Å². The number of ether oxygens (including phenoxy) is 1. The number of nitrogens with zero attached hydrogens (tertiary/aromatic N) is 4. The van der Waals surface area contributed by atoms with Crippen molar-refractivity contribution in [2.45, 2.75) is 19.6 Å². The minimum Gasteiger partial charge on any atom is -0.369 e. The normalized spacial score (nSPS) is 18.4. The van der Waals surface area contributed by atoms with Gasteiger partial charge < -0.3 is 4.74 Å². The Morgan fingerprint density at radius 3 is 2.96 bits per heavy atom. The van der Waals surface area contributed by atoms with Crippen molar-refractivity contribution in [1.82, 2.24) is 25.1 Å². The van der Waals surface area contributed by atoms with Crippen molar-refractivity contribution in [3.63, 3.8) is 0 Å². The van der Waals surface area contributed by atoms with Crippen LogP contribution in [-0.4, -0.2) is 44.8 Å². The summed E-state index contributed by atoms with van der Waals surface area (Å²) in [4.78, 5) is 11.1. The van der Waals surface area contributed by atoms with Gasteiger partial charge in [0.15, 0.2) is 0 Å². The molecule has 3 aromatic rings. The molecule has 6 heteroatoms. The van der Waals surface area contributed by atoms with Gasteiger partial charge in [-0.05, 0) is 18.6 Å². The predicted molar refractivity (Wildman–Crippen MR) is 94.8 cm³/mol. The molecule has 128 valence electrons. The number of hydrogen-bond acceptors (Lipinski definition) is 5. The van der Waals surface area contributed by atoms with Crippen LogP contribution in [0.15, 0.2) is 48.8 Å². The molecular formula is C19H21N5O. The van der Waals surface area contributed by atoms with Crippen LogP contribution >= 0.6 is 0 Å². The van der Waals surface area contributed by atoms with Gasteiger partial charge in [-0.15, -0.1) is 0 Å². The maximum absolute atomic E-state index is 5.93. The molecule has 1 aromatic carbocycles. The van der Waals surface area contributed by atoms with E-state index in [4.69, 9.17) is 4.74 Å². The number of nitrogens with one attached hydrogen (secondary N) is 1. The highest BCUT2D eigenvalue weighted by Crippen LogP contribution is 2.25. The fourth-order valence-electron chi connectivity index (χ4n) is 3.21. The zero-order chi connectivity index (χ0) is 17.1. The molecule has 3 heterocycles. The SMILES string of the molecule is Cc1nccc(C2CN(Cc3cn[nH]c3-c3ccccc3)CCO2)n1. The van der Waals surface area contributed by atoms with Crippen LogP contribution in [0.3, 0.4) is 0 Å². The fraction of sp³-hybridized carbons (Fsp3) is 0.316. The smallest absolute Gasteiger partial charge is 0.125 e. The van der Waals surface area contributed by atoms with E-state index in [9.17, 15) is 0 Å². The molecule has 4 rings (SSSR count). The maximum atomic E-state index is 5.93. The minimum absolute atomic E-state index is 0.0115. The first-order valence-electron chi connectivity index (χ1n) is 8.51. The van der Waals surface area contributed by atoms with E-state index in [0.29, 0.717) is 6.61 Å². The van der Waals surface area contributed by atoms with Crippen molar-refractivity contribution in [1.29, 1.82) is 0 Å². The highest BCUT2D eigenvalue weighted by Gasteiger charge is 2.24. The first-order valence-corrected chi connectivity index (χ1v) is 8.51. The molecule has 0 aliphatic carbocycles. The number of aromatic nitrogens is 4. The number of rotatable bonds is 4. The van der Waals surface area contributed by atoms with E-state index in [1.54, 1.807) is 6.20 Å². The molecule has 0 radical (unpaired) electrons. The van der Waals surface area contributed by atoms with Gasteiger partial charge in [0, 0.05) is 31.4 Å². The Morgan fingerprint density at radius 2 is 2.12 bits per heavy atom. The number of aryl methyl sites for hydroxylation is 1. The number of aromatic amines is 1. The van der Waals surface area contributed by atoms with Crippen LogP contribution < -0.4 is 0 Å². The van der Waals surface area contributed by atoms with Crippen LogP contribution in [0.5, 0.6) is 0 Å². The Morgan fingerprint density at radius 1 is 1.24 bits per heavy atom. The van der Waals surface area contributed by atoms with E-state index in [-0.39, 0.29) is 6.10 Å². The summed E-state index contributed by atoms with van der Waals surface area (Å²) in [6, 6.07) is 12.3. The van der Waals surface area contributed by atoms with E-state index < -0.39 is 0 Å². The van der Waals surface area contributed by atoms with Crippen molar-refractivity contribution in [2.24, 2.45) is 0 Å². The van der Waals surface area contributed by atoms with Crippen molar-refractivity contribution < 1.29 is 4.74 Å². The second kappa shape index (κ2) is 7.13. The summed E-state index contributed by atoms with van der Waals surface area (Å²) in [5, 5.41) is 7.38. The largest absolute Gasteiger partial charge is 0.369 e. The third-order valence-electron chi connectivity index (χ3n) is 4.45. The lowest BCUT2D eigenvalue weighted by molar-refractivity contribution is -0.0350. The van der Waals surface area contributed by atoms with Crippen molar-refractivity contribution >= 4 is 0 Å². The van der Waals surface area contributed by atoms with Gasteiger partial charge in [0.1, 0.15) is 11.9 Å². The van der Waals surface area contributed by atoms with Crippen molar-refractivity contribution in [3.8, 4) is 11.3 Å². The van der Waals surface area contributed by atoms with Gasteiger partial charge >= 0.3 is 0 Å². The van der Waals surface area contributed by atoms with E-state index >= 15 is 0 Å². The zero-order valence-electron chi connectivity index (χ0n) is 14.2. The van der Waals surface area contributed by atoms with E-state index in [1.807, 2.05) is 37.4 Å². The molecule has 1 saturated heterocycles. The summed E-state index contributed by atoms with van der Waals surface area (Å²) >= 11 is 0. The van der Waals surface area contributed by atoms with Gasteiger partial charge in [0.25, 0.3) is 0 Å². The van der Waals surface area contributed by atoms with Crippen LogP contribution in [0.4, 0.5) is 0 Å². The summed E-state index contributed by atoms with van der Waals surface area (Å²) in [6.07, 6.45) is 3.70. The minimum atomic E-state index is -0.0115. The summed E-state index contributed by atoms with van der Waals surface area (Å²) in [5.74, 6) is 0.777. The predicted octanol–water partition coefficient (Wildman–Crippen LogP) is 2.75. The third kappa shape index (κ3) is 3.60. The molecule has 1 unspecified atom stereocenters. The molecule has 2 aromatic heterocycles. The monoisotopic (exact) mass is 335 g/mol. The summed E-state index contributed by atoms with van der Waals surface area (Å²) in [5.41, 5.74) is 4.39. The van der Waals surface area contributed by atoms with Crippen molar-refractivity contribution in [2.75, 3.05) is 19.7 Å². The number of benzene rings is 1. The lowest BCUT2D eigenvalue weighted by Crippen LogP contribution is -2.38. The van der Waals surface area contributed by atoms with Crippen LogP contribution in [0, 0.1) is 6.92 Å². The summed E-state index contributed by atoms with van der Waals surface area (Å²) < 4.78 is 5.93. The Labute approximate surface area is 146 Å². The lowest BCUT2D eigenvalue weighted by Gasteiger charge is -2.32. The average Bonchev–Trinajstić information content (AvgIpc) is 3.11. The van der Waals surface area contributed by atoms with Crippen LogP contribution in [0.1, 0.15) is 23.2 Å². The first kappa shape index (κ1) is 15.9. The molecule has 0 bridgehead atoms. The summed E-state index contributed by atoms with van der Waals surface area (Å²) in [6.45, 7) is 5.16. The molecule has 1 fully saturated rings. The first-order chi connectivity index (χ1) is 12.3. The standard InChI is InChI=1S/C19H21N5O/c1-14-20-8-7-17(22-14)18-13-24(9-10-25-18)12-16-11-21-23-19(16)15-5-3-2-4-6-15/h2-8,11,18H,9-10,12-13H2,1H3,(H,21,23). The Balaban J connectivity index is 1.49. The molecule has 6 nitrogen and oxygen atoms in total. The highest BCUT2D eigenvalue weighted by molar-refractivity contribution is 5.62. The number of H-pyrrole nitrogens is 1. The third-order valence-corrected chi connectivity index (χ3v) is 4.45. The average molecular weight is 335 g/mol. The second-order valence-corrected chi connectivity index (χ2v) is 6.26. The van der Waals surface area contributed by atoms with Gasteiger partial charge in [0.2, 0.25) is 0 Å². The van der Waals surface area contributed by atoms with E-state index in [1.165, 1.54) is 5.56 Å². The van der Waals surface area contributed by atoms with E-state index in [2.05, 4.69) is 37.2 Å². The molecule has 0 saturated carbocycles. The lowest BCUT2D eigenvalue weighted by atomic mass is 10.1. The molecule has 1 N–H and O–H groups in total. The molecule has 1 aliphatic heterocycles. The summed E-state index contributed by atoms with van der Waals surface area (Å²) in [7, 11) is 0. The molecule has 25 heavy (non-hydrogen) atoms. The molecule has 0 spiro atoms. The molecule has 1 atom stereocenters. The topological polar surface area (TPSA) is 66.9 Å². The molecule has 1 aliphatic rings. The van der Waals surface area contributed by atoms with Crippen molar-refractivity contribution in [3.05, 3.63) is 65.9 Å². The molecule has 0 amide bonds. The van der Waals surface area contributed by atoms with Crippen LogP contribution in [0.25, 0.3) is 11.3 Å². The fourth-order valence-corrected chi connectivity index (χ4v) is 3.21.